The molecule has 1 heterocycles. The number of aromatic nitrogens is 1. The number of carbonyl (C=O) groups excluding carboxylic acids is 3. The van der Waals surface area contributed by atoms with Gasteiger partial charge in [0, 0.05) is 12.6 Å². The van der Waals surface area contributed by atoms with Crippen LogP contribution in [0.15, 0.2) is 24.4 Å². The van der Waals surface area contributed by atoms with E-state index in [4.69, 9.17) is 12.2 Å². The first-order chi connectivity index (χ1) is 11.6. The molecule has 0 aromatic carbocycles. The number of nitrogens with zero attached hydrogens (tertiary/aromatic N) is 1. The number of halogens is 3. The van der Waals surface area contributed by atoms with Gasteiger partial charge in [-0.15, -0.1) is 0 Å². The van der Waals surface area contributed by atoms with Gasteiger partial charge < -0.3 is 15.4 Å². The fourth-order valence-corrected chi connectivity index (χ4v) is 1.83. The van der Waals surface area contributed by atoms with E-state index in [1.165, 1.54) is 11.5 Å². The number of thiocarbonyl (C=S) groups is 1. The fraction of sp³-hybridized carbons (Fsp3) is 0.357. The highest BCUT2D eigenvalue weighted by Crippen LogP contribution is 2.15. The van der Waals surface area contributed by atoms with Crippen molar-refractivity contribution in [2.24, 2.45) is 0 Å². The van der Waals surface area contributed by atoms with E-state index >= 15 is 0 Å². The lowest BCUT2D eigenvalue weighted by atomic mass is 10.1. The van der Waals surface area contributed by atoms with Crippen LogP contribution >= 0.6 is 12.2 Å². The summed E-state index contributed by atoms with van der Waals surface area (Å²) in [5.74, 6) is -4.16. The Balaban J connectivity index is 2.62. The molecule has 11 heteroatoms. The number of esters is 1. The average molecular weight is 377 g/mol. The van der Waals surface area contributed by atoms with E-state index in [2.05, 4.69) is 15.0 Å². The summed E-state index contributed by atoms with van der Waals surface area (Å²) in [6.07, 6.45) is -4.38. The number of nitrogens with one attached hydrogen (secondary N) is 2. The minimum Gasteiger partial charge on any atom is -0.467 e. The number of alkyl halides is 3. The monoisotopic (exact) mass is 377 g/mol. The van der Waals surface area contributed by atoms with Crippen LogP contribution in [-0.2, 0) is 19.1 Å². The Kier molecular flexibility index (Phi) is 7.43. The van der Waals surface area contributed by atoms with Crippen molar-refractivity contribution in [3.05, 3.63) is 30.1 Å². The molecule has 1 amide bonds. The van der Waals surface area contributed by atoms with Crippen LogP contribution in [0.1, 0.15) is 12.1 Å². The summed E-state index contributed by atoms with van der Waals surface area (Å²) in [5.41, 5.74) is 0.403. The van der Waals surface area contributed by atoms with Gasteiger partial charge in [0.25, 0.3) is 0 Å². The highest BCUT2D eigenvalue weighted by molar-refractivity contribution is 7.80. The predicted octanol–water partition coefficient (Wildman–Crippen LogP) is 0.526. The molecule has 0 aliphatic heterocycles. The SMILES string of the molecule is COC(=O)[C@H](CC(=O)CNC(=S)c1ccccn1)NC(=O)C(F)(F)F. The Bertz CT molecular complexity index is 652. The number of amides is 1. The van der Waals surface area contributed by atoms with Gasteiger partial charge in [-0.1, -0.05) is 18.3 Å². The number of ether oxygens (including phenoxy) is 1. The van der Waals surface area contributed by atoms with Crippen LogP contribution in [0.25, 0.3) is 0 Å². The van der Waals surface area contributed by atoms with Gasteiger partial charge in [-0.3, -0.25) is 14.6 Å². The maximum atomic E-state index is 12.3. The van der Waals surface area contributed by atoms with Gasteiger partial charge in [0.1, 0.15) is 11.0 Å². The Morgan fingerprint density at radius 3 is 2.52 bits per heavy atom. The van der Waals surface area contributed by atoms with E-state index in [0.717, 1.165) is 7.11 Å². The molecule has 1 rings (SSSR count). The van der Waals surface area contributed by atoms with Crippen LogP contribution in [-0.4, -0.2) is 53.5 Å². The number of rotatable bonds is 7. The second kappa shape index (κ2) is 9.06. The van der Waals surface area contributed by atoms with Crippen molar-refractivity contribution in [2.45, 2.75) is 18.6 Å². The fourth-order valence-electron chi connectivity index (χ4n) is 1.64. The zero-order valence-electron chi connectivity index (χ0n) is 12.9. The van der Waals surface area contributed by atoms with Gasteiger partial charge in [0.05, 0.1) is 19.3 Å². The molecular formula is C14H14F3N3O4S. The van der Waals surface area contributed by atoms with E-state index in [-0.39, 0.29) is 11.5 Å². The minimum atomic E-state index is -5.19. The van der Waals surface area contributed by atoms with E-state index in [0.29, 0.717) is 5.69 Å². The molecule has 0 aliphatic rings. The third-order valence-electron chi connectivity index (χ3n) is 2.82. The summed E-state index contributed by atoms with van der Waals surface area (Å²) in [7, 11) is 0.925. The molecule has 25 heavy (non-hydrogen) atoms. The van der Waals surface area contributed by atoms with Gasteiger partial charge in [0.2, 0.25) is 0 Å². The molecule has 0 radical (unpaired) electrons. The van der Waals surface area contributed by atoms with Crippen molar-refractivity contribution in [3.63, 3.8) is 0 Å². The molecule has 1 aromatic heterocycles. The lowest BCUT2D eigenvalue weighted by Crippen LogP contribution is -2.48. The molecule has 0 unspecified atom stereocenters. The first kappa shape index (κ1) is 20.5. The summed E-state index contributed by atoms with van der Waals surface area (Å²) in [5, 5.41) is 4.00. The number of ketones is 1. The lowest BCUT2D eigenvalue weighted by molar-refractivity contribution is -0.175. The molecule has 0 spiro atoms. The summed E-state index contributed by atoms with van der Waals surface area (Å²) in [4.78, 5) is 38.4. The largest absolute Gasteiger partial charge is 0.471 e. The molecule has 0 saturated carbocycles. The third-order valence-corrected chi connectivity index (χ3v) is 3.18. The smallest absolute Gasteiger partial charge is 0.467 e. The first-order valence-corrected chi connectivity index (χ1v) is 7.22. The zero-order chi connectivity index (χ0) is 19.0. The van der Waals surface area contributed by atoms with Crippen LogP contribution in [0.5, 0.6) is 0 Å². The summed E-state index contributed by atoms with van der Waals surface area (Å²) in [6.45, 7) is -0.356. The van der Waals surface area contributed by atoms with Gasteiger partial charge in [-0.05, 0) is 12.1 Å². The lowest BCUT2D eigenvalue weighted by Gasteiger charge is -2.17. The van der Waals surface area contributed by atoms with Crippen molar-refractivity contribution < 1.29 is 32.3 Å². The minimum absolute atomic E-state index is 0.155. The van der Waals surface area contributed by atoms with Gasteiger partial charge >= 0.3 is 18.1 Å². The maximum Gasteiger partial charge on any atom is 0.471 e. The quantitative estimate of drug-likeness (QED) is 0.528. The van der Waals surface area contributed by atoms with Crippen molar-refractivity contribution >= 4 is 34.9 Å². The maximum absolute atomic E-state index is 12.3. The van der Waals surface area contributed by atoms with Crippen LogP contribution in [0, 0.1) is 0 Å². The number of hydrogen-bond acceptors (Lipinski definition) is 6. The summed E-state index contributed by atoms with van der Waals surface area (Å²) >= 11 is 5.01. The number of carbonyl (C=O) groups is 3. The molecular weight excluding hydrogens is 363 g/mol. The predicted molar refractivity (Wildman–Crippen MR) is 83.6 cm³/mol. The van der Waals surface area contributed by atoms with Gasteiger partial charge in [-0.25, -0.2) is 4.79 Å². The summed E-state index contributed by atoms with van der Waals surface area (Å²) in [6, 6.07) is 3.19. The van der Waals surface area contributed by atoms with Crippen molar-refractivity contribution in [3.8, 4) is 0 Å². The normalized spacial score (nSPS) is 12.0. The van der Waals surface area contributed by atoms with Crippen LogP contribution in [0.3, 0.4) is 0 Å². The molecule has 0 fully saturated rings. The third kappa shape index (κ3) is 6.83. The molecule has 0 saturated heterocycles. The average Bonchev–Trinajstić information content (AvgIpc) is 2.58. The van der Waals surface area contributed by atoms with Gasteiger partial charge in [0.15, 0.2) is 5.78 Å². The molecule has 1 atom stereocenters. The number of methoxy groups -OCH3 is 1. The molecule has 136 valence electrons. The Labute approximate surface area is 145 Å². The van der Waals surface area contributed by atoms with Crippen LogP contribution in [0.4, 0.5) is 13.2 Å². The zero-order valence-corrected chi connectivity index (χ0v) is 13.7. The van der Waals surface area contributed by atoms with E-state index in [9.17, 15) is 27.6 Å². The Hall–Kier alpha value is -2.56. The van der Waals surface area contributed by atoms with Crippen molar-refractivity contribution in [1.29, 1.82) is 0 Å². The van der Waals surface area contributed by atoms with E-state index < -0.39 is 36.3 Å². The highest BCUT2D eigenvalue weighted by Gasteiger charge is 2.41. The summed E-state index contributed by atoms with van der Waals surface area (Å²) < 4.78 is 41.1. The van der Waals surface area contributed by atoms with Gasteiger partial charge in [-0.2, -0.15) is 13.2 Å². The molecule has 0 bridgehead atoms. The van der Waals surface area contributed by atoms with E-state index in [1.807, 2.05) is 0 Å². The number of Topliss-reactive ketones (excluding diaryl/α,β-unsaturated/α-hetero) is 1. The van der Waals surface area contributed by atoms with E-state index in [1.54, 1.807) is 18.2 Å². The molecule has 2 N–H and O–H groups in total. The molecule has 0 aliphatic carbocycles. The Morgan fingerprint density at radius 2 is 2.00 bits per heavy atom. The number of hydrogen-bond donors (Lipinski definition) is 2. The topological polar surface area (TPSA) is 97.4 Å². The Morgan fingerprint density at radius 1 is 1.32 bits per heavy atom. The van der Waals surface area contributed by atoms with Crippen molar-refractivity contribution in [1.82, 2.24) is 15.6 Å². The second-order valence-corrected chi connectivity index (χ2v) is 5.10. The van der Waals surface area contributed by atoms with Crippen LogP contribution < -0.4 is 10.6 Å². The van der Waals surface area contributed by atoms with Crippen molar-refractivity contribution in [2.75, 3.05) is 13.7 Å². The highest BCUT2D eigenvalue weighted by atomic mass is 32.1. The number of pyridine rings is 1. The molecule has 1 aromatic rings. The second-order valence-electron chi connectivity index (χ2n) is 4.69. The standard InChI is InChI=1S/C14H14F3N3O4S/c1-24-12(22)10(20-13(23)14(15,16)17)6-8(21)7-19-11(25)9-4-2-3-5-18-9/h2-5,10H,6-7H2,1H3,(H,19,25)(H,20,23)/t10-/m0/s1. The van der Waals surface area contributed by atoms with Crippen LogP contribution in [0.2, 0.25) is 0 Å². The molecule has 7 nitrogen and oxygen atoms in total. The first-order valence-electron chi connectivity index (χ1n) is 6.81.